The molecule has 1 aliphatic carbocycles. The van der Waals surface area contributed by atoms with Crippen molar-refractivity contribution in [3.8, 4) is 0 Å². The minimum Gasteiger partial charge on any atom is -0.478 e. The summed E-state index contributed by atoms with van der Waals surface area (Å²) in [5.74, 6) is -0.607. The van der Waals surface area contributed by atoms with Crippen LogP contribution in [0.2, 0.25) is 0 Å². The number of amides is 1. The summed E-state index contributed by atoms with van der Waals surface area (Å²) in [5.41, 5.74) is 0.675. The van der Waals surface area contributed by atoms with Crippen molar-refractivity contribution in [2.75, 3.05) is 18.0 Å². The summed E-state index contributed by atoms with van der Waals surface area (Å²) in [6.45, 7) is 8.56. The Morgan fingerprint density at radius 1 is 1.41 bits per heavy atom. The van der Waals surface area contributed by atoms with Crippen LogP contribution in [0.1, 0.15) is 68.9 Å². The number of carbonyl (C=O) groups is 2. The van der Waals surface area contributed by atoms with Gasteiger partial charge in [-0.25, -0.2) is 9.59 Å². The van der Waals surface area contributed by atoms with Gasteiger partial charge in [-0.05, 0) is 62.9 Å². The monoisotopic (exact) mass is 439 g/mol. The van der Waals surface area contributed by atoms with Crippen molar-refractivity contribution in [2.45, 2.75) is 64.0 Å². The Morgan fingerprint density at radius 3 is 2.63 bits per heavy atom. The average molecular weight is 440 g/mol. The van der Waals surface area contributed by atoms with Gasteiger partial charge in [0, 0.05) is 25.2 Å². The van der Waals surface area contributed by atoms with Gasteiger partial charge in [-0.1, -0.05) is 0 Å². The second-order valence-electron chi connectivity index (χ2n) is 8.66. The van der Waals surface area contributed by atoms with Gasteiger partial charge in [0.1, 0.15) is 11.2 Å². The molecule has 27 heavy (non-hydrogen) atoms. The quantitative estimate of drug-likeness (QED) is 0.738. The molecular weight excluding hydrogens is 414 g/mol. The highest BCUT2D eigenvalue weighted by Crippen LogP contribution is 2.46. The summed E-state index contributed by atoms with van der Waals surface area (Å²) < 4.78 is 6.12. The van der Waals surface area contributed by atoms with Crippen molar-refractivity contribution in [1.82, 2.24) is 10.3 Å². The number of carboxylic acids is 1. The van der Waals surface area contributed by atoms with Crippen LogP contribution in [0.5, 0.6) is 0 Å². The Morgan fingerprint density at radius 2 is 2.07 bits per heavy atom. The van der Waals surface area contributed by atoms with E-state index in [-0.39, 0.29) is 5.56 Å². The third-order valence-electron chi connectivity index (χ3n) is 4.81. The first-order chi connectivity index (χ1) is 12.5. The number of carbonyl (C=O) groups excluding carboxylic acids is 1. The Kier molecular flexibility index (Phi) is 5.14. The summed E-state index contributed by atoms with van der Waals surface area (Å²) in [7, 11) is 0. The lowest BCUT2D eigenvalue weighted by Gasteiger charge is -2.29. The van der Waals surface area contributed by atoms with Gasteiger partial charge >= 0.3 is 12.1 Å². The van der Waals surface area contributed by atoms with Gasteiger partial charge in [-0.2, -0.15) is 0 Å². The first-order valence-corrected chi connectivity index (χ1v) is 9.96. The fourth-order valence-corrected chi connectivity index (χ4v) is 4.29. The molecule has 0 radical (unpaired) electrons. The van der Waals surface area contributed by atoms with Crippen LogP contribution in [-0.4, -0.2) is 46.4 Å². The van der Waals surface area contributed by atoms with E-state index in [0.29, 0.717) is 31.1 Å². The average Bonchev–Trinajstić information content (AvgIpc) is 3.28. The van der Waals surface area contributed by atoms with Crippen LogP contribution in [0, 0.1) is 0 Å². The number of alkyl carbamates (subject to hydrolysis) is 1. The summed E-state index contributed by atoms with van der Waals surface area (Å²) >= 11 is 3.60. The highest BCUT2D eigenvalue weighted by Gasteiger charge is 2.39. The maximum atomic E-state index is 12.2. The maximum Gasteiger partial charge on any atom is 0.408 e. The van der Waals surface area contributed by atoms with Crippen LogP contribution < -0.4 is 10.2 Å². The fourth-order valence-electron chi connectivity index (χ4n) is 3.40. The first kappa shape index (κ1) is 19.9. The van der Waals surface area contributed by atoms with E-state index < -0.39 is 23.2 Å². The molecule has 0 aromatic carbocycles. The topological polar surface area (TPSA) is 91.8 Å². The van der Waals surface area contributed by atoms with E-state index in [9.17, 15) is 14.7 Å². The Hall–Kier alpha value is -1.83. The smallest absolute Gasteiger partial charge is 0.408 e. The molecule has 1 saturated heterocycles. The van der Waals surface area contributed by atoms with Gasteiger partial charge in [0.25, 0.3) is 0 Å². The van der Waals surface area contributed by atoms with Crippen LogP contribution in [0.4, 0.5) is 10.5 Å². The molecule has 1 amide bonds. The number of rotatable bonds is 4. The van der Waals surface area contributed by atoms with Gasteiger partial charge in [0.2, 0.25) is 0 Å². The van der Waals surface area contributed by atoms with E-state index in [1.807, 2.05) is 32.6 Å². The molecule has 0 spiro atoms. The molecule has 2 aliphatic rings. The van der Waals surface area contributed by atoms with Gasteiger partial charge in [-0.15, -0.1) is 0 Å². The van der Waals surface area contributed by atoms with Crippen molar-refractivity contribution in [3.05, 3.63) is 21.9 Å². The first-order valence-electron chi connectivity index (χ1n) is 9.17. The number of hydrogen-bond donors (Lipinski definition) is 2. The molecule has 148 valence electrons. The zero-order valence-corrected chi connectivity index (χ0v) is 17.7. The summed E-state index contributed by atoms with van der Waals surface area (Å²) in [4.78, 5) is 30.3. The number of nitrogens with one attached hydrogen (secondary N) is 1. The second kappa shape index (κ2) is 6.96. The number of nitrogens with zero attached hydrogens (tertiary/aromatic N) is 2. The fraction of sp³-hybridized carbons (Fsp3) is 0.632. The van der Waals surface area contributed by atoms with E-state index >= 15 is 0 Å². The van der Waals surface area contributed by atoms with Gasteiger partial charge in [0.15, 0.2) is 0 Å². The molecule has 3 rings (SSSR count). The van der Waals surface area contributed by atoms with Crippen molar-refractivity contribution in [3.63, 3.8) is 0 Å². The molecule has 0 bridgehead atoms. The number of carboxylic acid groups (broad SMARTS) is 1. The molecule has 1 aromatic rings. The molecule has 8 heteroatoms. The van der Waals surface area contributed by atoms with E-state index in [2.05, 4.69) is 26.2 Å². The zero-order chi connectivity index (χ0) is 20.0. The van der Waals surface area contributed by atoms with Crippen molar-refractivity contribution >= 4 is 33.7 Å². The van der Waals surface area contributed by atoms with Crippen molar-refractivity contribution in [2.24, 2.45) is 0 Å². The van der Waals surface area contributed by atoms with Crippen LogP contribution in [-0.2, 0) is 4.74 Å². The lowest BCUT2D eigenvalue weighted by atomic mass is 10.0. The number of ether oxygens (including phenoxy) is 1. The number of anilines is 1. The maximum absolute atomic E-state index is 12.2. The predicted molar refractivity (Wildman–Crippen MR) is 105 cm³/mol. The van der Waals surface area contributed by atoms with Crippen LogP contribution >= 0.6 is 15.9 Å². The minimum atomic E-state index is -1.01. The molecule has 2 fully saturated rings. The highest BCUT2D eigenvalue weighted by molar-refractivity contribution is 9.10. The van der Waals surface area contributed by atoms with Gasteiger partial charge in [0.05, 0.1) is 21.4 Å². The van der Waals surface area contributed by atoms with E-state index in [1.54, 1.807) is 0 Å². The number of pyridine rings is 1. The zero-order valence-electron chi connectivity index (χ0n) is 16.1. The molecule has 1 aliphatic heterocycles. The number of hydrogen-bond acceptors (Lipinski definition) is 5. The van der Waals surface area contributed by atoms with Crippen LogP contribution in [0.15, 0.2) is 10.7 Å². The number of halogens is 1. The van der Waals surface area contributed by atoms with Crippen molar-refractivity contribution < 1.29 is 19.4 Å². The van der Waals surface area contributed by atoms with Gasteiger partial charge in [-0.3, -0.25) is 4.98 Å². The Labute approximate surface area is 167 Å². The SMILES string of the molecule is CC(C)(C)OC(=O)N[C@@]1(C)CCN(c2c(C(=O)O)cnc(C3CC3)c2Br)C1. The summed E-state index contributed by atoms with van der Waals surface area (Å²) in [6.07, 6.45) is 3.84. The predicted octanol–water partition coefficient (Wildman–Crippen LogP) is 3.91. The van der Waals surface area contributed by atoms with Gasteiger partial charge < -0.3 is 20.1 Å². The van der Waals surface area contributed by atoms with E-state index in [4.69, 9.17) is 4.74 Å². The summed E-state index contributed by atoms with van der Waals surface area (Å²) in [5, 5.41) is 12.6. The largest absolute Gasteiger partial charge is 0.478 e. The lowest BCUT2D eigenvalue weighted by Crippen LogP contribution is -2.49. The summed E-state index contributed by atoms with van der Waals surface area (Å²) in [6, 6.07) is 0. The van der Waals surface area contributed by atoms with Crippen LogP contribution in [0.3, 0.4) is 0 Å². The van der Waals surface area contributed by atoms with E-state index in [1.165, 1.54) is 6.20 Å². The molecule has 1 atom stereocenters. The third-order valence-corrected chi connectivity index (χ3v) is 5.59. The normalized spacial score (nSPS) is 22.6. The highest BCUT2D eigenvalue weighted by atomic mass is 79.9. The lowest BCUT2D eigenvalue weighted by molar-refractivity contribution is 0.0472. The third kappa shape index (κ3) is 4.54. The van der Waals surface area contributed by atoms with E-state index in [0.717, 1.165) is 23.0 Å². The number of aromatic carboxylic acids is 1. The molecular formula is C19H26BrN3O4. The molecule has 1 saturated carbocycles. The Balaban J connectivity index is 1.83. The molecule has 7 nitrogen and oxygen atoms in total. The second-order valence-corrected chi connectivity index (χ2v) is 9.45. The molecule has 2 heterocycles. The van der Waals surface area contributed by atoms with Crippen LogP contribution in [0.25, 0.3) is 0 Å². The molecule has 2 N–H and O–H groups in total. The minimum absolute atomic E-state index is 0.174. The van der Waals surface area contributed by atoms with Crippen molar-refractivity contribution in [1.29, 1.82) is 0 Å². The standard InChI is InChI=1S/C19H26BrN3O4/c1-18(2,3)27-17(26)22-19(4)7-8-23(10-19)15-12(16(24)25)9-21-14(13(15)20)11-5-6-11/h9,11H,5-8,10H2,1-4H3,(H,22,26)(H,24,25)/t19-/m0/s1. The Bertz CT molecular complexity index is 773. The number of aromatic nitrogens is 1. The molecule has 0 unspecified atom stereocenters. The molecule has 1 aromatic heterocycles.